The minimum absolute atomic E-state index is 0.0494. The minimum atomic E-state index is -0.106. The summed E-state index contributed by atoms with van der Waals surface area (Å²) in [6.45, 7) is 0. The van der Waals surface area contributed by atoms with Gasteiger partial charge in [-0.05, 0) is 36.4 Å². The average Bonchev–Trinajstić information content (AvgIpc) is 2.51. The van der Waals surface area contributed by atoms with E-state index in [0.29, 0.717) is 11.5 Å². The van der Waals surface area contributed by atoms with Gasteiger partial charge >= 0.3 is 0 Å². The van der Waals surface area contributed by atoms with Gasteiger partial charge in [0.2, 0.25) is 5.75 Å². The Hall–Kier alpha value is -3.34. The topological polar surface area (TPSA) is 79.2 Å². The van der Waals surface area contributed by atoms with E-state index < -0.39 is 0 Å². The second-order valence-electron chi connectivity index (χ2n) is 4.80. The lowest BCUT2D eigenvalue weighted by Crippen LogP contribution is -1.91. The minimum Gasteiger partial charge on any atom is -0.508 e. The zero-order valence-corrected chi connectivity index (χ0v) is 12.0. The maximum atomic E-state index is 10.0. The van der Waals surface area contributed by atoms with Crippen LogP contribution in [0.15, 0.2) is 66.7 Å². The predicted octanol–water partition coefficient (Wildman–Crippen LogP) is 4.39. The molecule has 0 fully saturated rings. The van der Waals surface area contributed by atoms with Crippen LogP contribution in [0.25, 0.3) is 0 Å². The predicted molar refractivity (Wildman–Crippen MR) is 84.5 cm³/mol. The van der Waals surface area contributed by atoms with Crippen LogP contribution in [0.1, 0.15) is 0 Å². The van der Waals surface area contributed by atoms with E-state index in [1.807, 2.05) is 0 Å². The van der Waals surface area contributed by atoms with Crippen molar-refractivity contribution in [3.05, 3.63) is 66.7 Å². The lowest BCUT2D eigenvalue weighted by Gasteiger charge is -2.13. The molecule has 5 nitrogen and oxygen atoms in total. The van der Waals surface area contributed by atoms with Crippen LogP contribution >= 0.6 is 0 Å². The molecule has 0 spiro atoms. The molecule has 3 rings (SSSR count). The lowest BCUT2D eigenvalue weighted by atomic mass is 10.2. The van der Waals surface area contributed by atoms with E-state index in [0.717, 1.165) is 0 Å². The fraction of sp³-hybridized carbons (Fsp3) is 0. The molecule has 0 bridgehead atoms. The smallest absolute Gasteiger partial charge is 0.211 e. The van der Waals surface area contributed by atoms with Crippen molar-refractivity contribution in [1.29, 1.82) is 0 Å². The molecule has 0 saturated carbocycles. The molecule has 0 aliphatic heterocycles. The monoisotopic (exact) mass is 310 g/mol. The van der Waals surface area contributed by atoms with E-state index in [4.69, 9.17) is 9.47 Å². The first kappa shape index (κ1) is 14.6. The molecule has 0 amide bonds. The third kappa shape index (κ3) is 3.47. The van der Waals surface area contributed by atoms with Gasteiger partial charge < -0.3 is 24.8 Å². The molecule has 3 N–H and O–H groups in total. The molecule has 23 heavy (non-hydrogen) atoms. The number of benzene rings is 3. The van der Waals surface area contributed by atoms with Gasteiger partial charge in [0.1, 0.15) is 23.0 Å². The number of phenols is 3. The largest absolute Gasteiger partial charge is 0.508 e. The van der Waals surface area contributed by atoms with E-state index in [9.17, 15) is 15.3 Å². The first-order valence-corrected chi connectivity index (χ1v) is 6.87. The molecule has 3 aromatic carbocycles. The number of phenolic OH excluding ortho intramolecular Hbond substituents is 3. The van der Waals surface area contributed by atoms with Crippen molar-refractivity contribution in [2.45, 2.75) is 0 Å². The van der Waals surface area contributed by atoms with Gasteiger partial charge in [0.25, 0.3) is 0 Å². The third-order valence-electron chi connectivity index (χ3n) is 3.04. The van der Waals surface area contributed by atoms with Crippen LogP contribution in [-0.4, -0.2) is 15.3 Å². The molecule has 0 radical (unpaired) electrons. The molecule has 0 aromatic heterocycles. The Labute approximate surface area is 132 Å². The Morgan fingerprint density at radius 3 is 1.78 bits per heavy atom. The molecule has 0 unspecified atom stereocenters. The fourth-order valence-corrected chi connectivity index (χ4v) is 2.03. The Bertz CT molecular complexity index is 829. The highest BCUT2D eigenvalue weighted by Crippen LogP contribution is 2.42. The summed E-state index contributed by atoms with van der Waals surface area (Å²) in [5.41, 5.74) is 0. The summed E-state index contributed by atoms with van der Waals surface area (Å²) in [4.78, 5) is 0. The molecule has 0 heterocycles. The maximum Gasteiger partial charge on any atom is 0.211 e. The van der Waals surface area contributed by atoms with E-state index in [1.165, 1.54) is 30.3 Å². The zero-order valence-electron chi connectivity index (χ0n) is 12.0. The highest BCUT2D eigenvalue weighted by Gasteiger charge is 2.13. The summed E-state index contributed by atoms with van der Waals surface area (Å²) in [5.74, 6) is 1.15. The highest BCUT2D eigenvalue weighted by atomic mass is 16.5. The van der Waals surface area contributed by atoms with E-state index >= 15 is 0 Å². The van der Waals surface area contributed by atoms with E-state index in [-0.39, 0.29) is 28.7 Å². The van der Waals surface area contributed by atoms with Gasteiger partial charge in [-0.1, -0.05) is 18.2 Å². The molecule has 116 valence electrons. The molecular weight excluding hydrogens is 296 g/mol. The molecule has 0 saturated heterocycles. The third-order valence-corrected chi connectivity index (χ3v) is 3.04. The van der Waals surface area contributed by atoms with Crippen molar-refractivity contribution in [2.24, 2.45) is 0 Å². The number of ether oxygens (including phenoxy) is 2. The van der Waals surface area contributed by atoms with Gasteiger partial charge in [0, 0.05) is 12.1 Å². The Morgan fingerprint density at radius 1 is 0.609 bits per heavy atom. The summed E-state index contributed by atoms with van der Waals surface area (Å²) in [7, 11) is 0. The summed E-state index contributed by atoms with van der Waals surface area (Å²) < 4.78 is 11.3. The van der Waals surface area contributed by atoms with Crippen LogP contribution in [0.5, 0.6) is 40.2 Å². The highest BCUT2D eigenvalue weighted by molar-refractivity contribution is 5.54. The number of aromatic hydroxyl groups is 3. The molecular formula is C18H14O5. The molecule has 0 aliphatic carbocycles. The molecule has 0 aliphatic rings. The van der Waals surface area contributed by atoms with Crippen molar-refractivity contribution in [2.75, 3.05) is 0 Å². The van der Waals surface area contributed by atoms with Gasteiger partial charge in [0.15, 0.2) is 11.5 Å². The van der Waals surface area contributed by atoms with Crippen LogP contribution in [0.4, 0.5) is 0 Å². The van der Waals surface area contributed by atoms with Crippen LogP contribution < -0.4 is 9.47 Å². The maximum absolute atomic E-state index is 10.0. The SMILES string of the molecule is Oc1cccc(Oc2cccc(O)c2Oc2cccc(O)c2)c1. The average molecular weight is 310 g/mol. The summed E-state index contributed by atoms with van der Waals surface area (Å²) in [6, 6.07) is 17.2. The Balaban J connectivity index is 1.93. The molecule has 0 atom stereocenters. The van der Waals surface area contributed by atoms with E-state index in [2.05, 4.69) is 0 Å². The van der Waals surface area contributed by atoms with Crippen molar-refractivity contribution >= 4 is 0 Å². The zero-order chi connectivity index (χ0) is 16.2. The van der Waals surface area contributed by atoms with Crippen molar-refractivity contribution in [3.63, 3.8) is 0 Å². The van der Waals surface area contributed by atoms with E-state index in [1.54, 1.807) is 36.4 Å². The first-order chi connectivity index (χ1) is 11.1. The van der Waals surface area contributed by atoms with Crippen molar-refractivity contribution < 1.29 is 24.8 Å². The first-order valence-electron chi connectivity index (χ1n) is 6.87. The Kier molecular flexibility index (Phi) is 3.93. The van der Waals surface area contributed by atoms with Crippen molar-refractivity contribution in [3.8, 4) is 40.2 Å². The van der Waals surface area contributed by atoms with Gasteiger partial charge in [-0.3, -0.25) is 0 Å². The quantitative estimate of drug-likeness (QED) is 0.666. The lowest BCUT2D eigenvalue weighted by molar-refractivity contribution is 0.378. The van der Waals surface area contributed by atoms with Gasteiger partial charge in [0.05, 0.1) is 0 Å². The van der Waals surface area contributed by atoms with Crippen LogP contribution in [0.2, 0.25) is 0 Å². The van der Waals surface area contributed by atoms with Crippen LogP contribution in [-0.2, 0) is 0 Å². The summed E-state index contributed by atoms with van der Waals surface area (Å²) >= 11 is 0. The second kappa shape index (κ2) is 6.19. The van der Waals surface area contributed by atoms with Crippen molar-refractivity contribution in [1.82, 2.24) is 0 Å². The second-order valence-corrected chi connectivity index (χ2v) is 4.80. The number of rotatable bonds is 4. The molecule has 3 aromatic rings. The van der Waals surface area contributed by atoms with Gasteiger partial charge in [-0.15, -0.1) is 0 Å². The number of hydrogen-bond acceptors (Lipinski definition) is 5. The molecule has 5 heteroatoms. The van der Waals surface area contributed by atoms with Gasteiger partial charge in [-0.25, -0.2) is 0 Å². The summed E-state index contributed by atoms with van der Waals surface area (Å²) in [5, 5.41) is 29.0. The number of para-hydroxylation sites is 1. The fourth-order valence-electron chi connectivity index (χ4n) is 2.03. The van der Waals surface area contributed by atoms with Crippen LogP contribution in [0, 0.1) is 0 Å². The normalized spacial score (nSPS) is 10.3. The number of hydrogen-bond donors (Lipinski definition) is 3. The standard InChI is InChI=1S/C18H14O5/c19-12-4-1-6-14(10-12)22-17-9-3-8-16(21)18(17)23-15-7-2-5-13(20)11-15/h1-11,19-21H. The Morgan fingerprint density at radius 2 is 1.17 bits per heavy atom. The summed E-state index contributed by atoms with van der Waals surface area (Å²) in [6.07, 6.45) is 0. The van der Waals surface area contributed by atoms with Gasteiger partial charge in [-0.2, -0.15) is 0 Å². The van der Waals surface area contributed by atoms with Crippen LogP contribution in [0.3, 0.4) is 0 Å².